The van der Waals surface area contributed by atoms with Gasteiger partial charge in [-0.1, -0.05) is 36.4 Å². The molecule has 1 N–H and O–H groups in total. The Labute approximate surface area is 263 Å². The van der Waals surface area contributed by atoms with Crippen molar-refractivity contribution < 1.29 is 19.2 Å². The first-order valence-corrected chi connectivity index (χ1v) is 15.6. The number of hydrogen-bond acceptors (Lipinski definition) is 7. The van der Waals surface area contributed by atoms with Crippen molar-refractivity contribution >= 4 is 67.0 Å². The van der Waals surface area contributed by atoms with Crippen LogP contribution >= 0.6 is 0 Å². The standard InChI is InChI=1S/C37H29N5O4/c43-34-26-10-3-8-24-22-12-5-16-39-30(22)20-28(32(24)26)36(45)41(34)18-2-1-14-38-15-7-19-42-35(44)27-11-4-9-25-23-13-6-17-40-31(23)21-29(33(25)27)37(42)46/h3-6,8-13,16-17,20-21,38H,1-2,7,14-15,18-19H2. The minimum atomic E-state index is -0.293. The number of imide groups is 2. The summed E-state index contributed by atoms with van der Waals surface area (Å²) in [6.07, 6.45) is 5.40. The van der Waals surface area contributed by atoms with E-state index in [2.05, 4.69) is 15.3 Å². The Morgan fingerprint density at radius 1 is 0.500 bits per heavy atom. The van der Waals surface area contributed by atoms with E-state index in [0.29, 0.717) is 72.0 Å². The zero-order valence-electron chi connectivity index (χ0n) is 25.0. The third-order valence-electron chi connectivity index (χ3n) is 9.11. The fourth-order valence-electron chi connectivity index (χ4n) is 6.95. The molecule has 9 nitrogen and oxygen atoms in total. The van der Waals surface area contributed by atoms with E-state index >= 15 is 0 Å². The molecule has 0 atom stereocenters. The van der Waals surface area contributed by atoms with Crippen LogP contribution in [-0.4, -0.2) is 69.6 Å². The van der Waals surface area contributed by atoms with Crippen molar-refractivity contribution in [3.63, 3.8) is 0 Å². The first-order valence-electron chi connectivity index (χ1n) is 15.6. The van der Waals surface area contributed by atoms with Crippen molar-refractivity contribution in [1.29, 1.82) is 0 Å². The Balaban J connectivity index is 0.866. The molecular formula is C37H29N5O4. The summed E-state index contributed by atoms with van der Waals surface area (Å²) in [6.45, 7) is 1.91. The molecule has 2 aromatic heterocycles. The lowest BCUT2D eigenvalue weighted by Crippen LogP contribution is -2.41. The normalized spacial score (nSPS) is 14.4. The second-order valence-electron chi connectivity index (χ2n) is 11.8. The highest BCUT2D eigenvalue weighted by Crippen LogP contribution is 2.36. The molecule has 226 valence electrons. The van der Waals surface area contributed by atoms with Crippen LogP contribution in [0.3, 0.4) is 0 Å². The highest BCUT2D eigenvalue weighted by Gasteiger charge is 2.34. The molecule has 4 aromatic carbocycles. The van der Waals surface area contributed by atoms with Gasteiger partial charge in [0.05, 0.1) is 22.2 Å². The highest BCUT2D eigenvalue weighted by atomic mass is 16.2. The van der Waals surface area contributed by atoms with Crippen LogP contribution in [0.1, 0.15) is 60.7 Å². The van der Waals surface area contributed by atoms with E-state index < -0.39 is 0 Å². The molecule has 4 amide bonds. The van der Waals surface area contributed by atoms with E-state index in [-0.39, 0.29) is 23.6 Å². The van der Waals surface area contributed by atoms with E-state index in [4.69, 9.17) is 0 Å². The number of pyridine rings is 2. The van der Waals surface area contributed by atoms with Crippen LogP contribution in [0.5, 0.6) is 0 Å². The average Bonchev–Trinajstić information content (AvgIpc) is 3.09. The molecule has 8 rings (SSSR count). The predicted molar refractivity (Wildman–Crippen MR) is 176 cm³/mol. The predicted octanol–water partition coefficient (Wildman–Crippen LogP) is 5.74. The summed E-state index contributed by atoms with van der Waals surface area (Å²) in [6, 6.07) is 22.3. The van der Waals surface area contributed by atoms with Crippen molar-refractivity contribution in [3.05, 3.63) is 107 Å². The van der Waals surface area contributed by atoms with Gasteiger partial charge in [-0.2, -0.15) is 0 Å². The Hall–Kier alpha value is -5.54. The number of nitrogens with one attached hydrogen (secondary N) is 1. The number of nitrogens with zero attached hydrogens (tertiary/aromatic N) is 4. The van der Waals surface area contributed by atoms with Crippen molar-refractivity contribution in [2.75, 3.05) is 26.2 Å². The molecule has 0 radical (unpaired) electrons. The van der Waals surface area contributed by atoms with Gasteiger partial charge in [0.1, 0.15) is 0 Å². The average molecular weight is 608 g/mol. The van der Waals surface area contributed by atoms with Gasteiger partial charge in [0.25, 0.3) is 23.6 Å². The summed E-state index contributed by atoms with van der Waals surface area (Å²) in [7, 11) is 0. The lowest BCUT2D eigenvalue weighted by Gasteiger charge is -2.28. The number of carbonyl (C=O) groups excluding carboxylic acids is 4. The van der Waals surface area contributed by atoms with Crippen LogP contribution in [0.15, 0.2) is 85.2 Å². The van der Waals surface area contributed by atoms with Crippen molar-refractivity contribution in [3.8, 4) is 0 Å². The number of rotatable bonds is 9. The van der Waals surface area contributed by atoms with Crippen molar-refractivity contribution in [1.82, 2.24) is 25.1 Å². The molecule has 2 aliphatic rings. The zero-order valence-corrected chi connectivity index (χ0v) is 25.0. The van der Waals surface area contributed by atoms with E-state index in [1.807, 2.05) is 48.5 Å². The van der Waals surface area contributed by atoms with Gasteiger partial charge in [-0.15, -0.1) is 0 Å². The summed E-state index contributed by atoms with van der Waals surface area (Å²) in [5.74, 6) is -1.12. The highest BCUT2D eigenvalue weighted by molar-refractivity contribution is 6.30. The summed E-state index contributed by atoms with van der Waals surface area (Å²) >= 11 is 0. The number of fused-ring (bicyclic) bond motifs is 4. The van der Waals surface area contributed by atoms with Crippen LogP contribution in [0.4, 0.5) is 0 Å². The number of hydrogen-bond donors (Lipinski definition) is 1. The molecule has 0 saturated carbocycles. The fourth-order valence-corrected chi connectivity index (χ4v) is 6.95. The molecule has 46 heavy (non-hydrogen) atoms. The molecule has 9 heteroatoms. The molecule has 0 saturated heterocycles. The lowest BCUT2D eigenvalue weighted by molar-refractivity contribution is 0.0591. The van der Waals surface area contributed by atoms with Crippen LogP contribution in [0.25, 0.3) is 43.4 Å². The van der Waals surface area contributed by atoms with Gasteiger partial charge in [-0.25, -0.2) is 0 Å². The summed E-state index contributed by atoms with van der Waals surface area (Å²) in [5, 5.41) is 8.34. The molecule has 6 aromatic rings. The monoisotopic (exact) mass is 607 g/mol. The lowest BCUT2D eigenvalue weighted by atomic mass is 9.91. The largest absolute Gasteiger partial charge is 0.317 e. The fraction of sp³-hybridized carbons (Fsp3) is 0.189. The minimum Gasteiger partial charge on any atom is -0.317 e. The molecule has 2 aliphatic heterocycles. The number of aromatic nitrogens is 2. The Kier molecular flexibility index (Phi) is 6.76. The minimum absolute atomic E-state index is 0.267. The topological polar surface area (TPSA) is 113 Å². The smallest absolute Gasteiger partial charge is 0.261 e. The van der Waals surface area contributed by atoms with Crippen molar-refractivity contribution in [2.45, 2.75) is 19.3 Å². The SMILES string of the molecule is O=C1c2cccc3c2c(cc2ncccc23)C(=O)N1CCCCNCCCN1C(=O)c2cccc3c2c(cc2ncccc23)C1=O. The summed E-state index contributed by atoms with van der Waals surface area (Å²) in [5.41, 5.74) is 3.56. The molecule has 0 unspecified atom stereocenters. The molecule has 0 aliphatic carbocycles. The quantitative estimate of drug-likeness (QED) is 0.127. The maximum atomic E-state index is 13.5. The van der Waals surface area contributed by atoms with Gasteiger partial charge in [0, 0.05) is 58.2 Å². The van der Waals surface area contributed by atoms with E-state index in [9.17, 15) is 19.2 Å². The number of benzene rings is 4. The van der Waals surface area contributed by atoms with Crippen LogP contribution in [0.2, 0.25) is 0 Å². The van der Waals surface area contributed by atoms with Crippen LogP contribution in [0, 0.1) is 0 Å². The van der Waals surface area contributed by atoms with E-state index in [0.717, 1.165) is 39.0 Å². The Morgan fingerprint density at radius 3 is 1.50 bits per heavy atom. The molecule has 0 fully saturated rings. The molecule has 0 bridgehead atoms. The third-order valence-corrected chi connectivity index (χ3v) is 9.11. The summed E-state index contributed by atoms with van der Waals surface area (Å²) < 4.78 is 0. The second kappa shape index (κ2) is 11.1. The van der Waals surface area contributed by atoms with E-state index in [1.54, 1.807) is 36.7 Å². The van der Waals surface area contributed by atoms with Gasteiger partial charge in [0.2, 0.25) is 0 Å². The Morgan fingerprint density at radius 2 is 0.957 bits per heavy atom. The van der Waals surface area contributed by atoms with Gasteiger partial charge >= 0.3 is 0 Å². The maximum Gasteiger partial charge on any atom is 0.261 e. The van der Waals surface area contributed by atoms with Crippen molar-refractivity contribution in [2.24, 2.45) is 0 Å². The van der Waals surface area contributed by atoms with Gasteiger partial charge in [-0.3, -0.25) is 38.9 Å². The summed E-state index contributed by atoms with van der Waals surface area (Å²) in [4.78, 5) is 65.2. The first kappa shape index (κ1) is 28.0. The van der Waals surface area contributed by atoms with Gasteiger partial charge in [0.15, 0.2) is 0 Å². The maximum absolute atomic E-state index is 13.5. The number of amides is 4. The molecule has 4 heterocycles. The van der Waals surface area contributed by atoms with Gasteiger partial charge < -0.3 is 5.32 Å². The molecule has 0 spiro atoms. The first-order chi connectivity index (χ1) is 22.5. The number of unbranched alkanes of at least 4 members (excludes halogenated alkanes) is 1. The molecular weight excluding hydrogens is 578 g/mol. The van der Waals surface area contributed by atoms with Crippen LogP contribution in [-0.2, 0) is 0 Å². The third kappa shape index (κ3) is 4.34. The van der Waals surface area contributed by atoms with Gasteiger partial charge in [-0.05, 0) is 79.5 Å². The zero-order chi connectivity index (χ0) is 31.4. The van der Waals surface area contributed by atoms with Crippen LogP contribution < -0.4 is 5.32 Å². The Bertz CT molecular complexity index is 2120. The van der Waals surface area contributed by atoms with E-state index in [1.165, 1.54) is 9.80 Å². The second-order valence-corrected chi connectivity index (χ2v) is 11.8. The number of carbonyl (C=O) groups is 4.